The molecule has 1 saturated heterocycles. The molecule has 4 nitrogen and oxygen atoms in total. The normalized spacial score (nSPS) is 14.8. The van der Waals surface area contributed by atoms with Crippen molar-refractivity contribution in [2.24, 2.45) is 5.92 Å². The van der Waals surface area contributed by atoms with Gasteiger partial charge in [-0.25, -0.2) is 0 Å². The summed E-state index contributed by atoms with van der Waals surface area (Å²) in [5, 5.41) is 15.1. The number of carbonyl (C=O) groups is 1. The molecule has 1 aliphatic heterocycles. The fourth-order valence-electron chi connectivity index (χ4n) is 1.65. The molecule has 0 aromatic heterocycles. The van der Waals surface area contributed by atoms with E-state index in [1.165, 1.54) is 0 Å². The average molecular weight is 250 g/mol. The van der Waals surface area contributed by atoms with Crippen LogP contribution in [0.5, 0.6) is 0 Å². The van der Waals surface area contributed by atoms with Crippen molar-refractivity contribution >= 4 is 23.2 Å². The van der Waals surface area contributed by atoms with Crippen LogP contribution in [0.3, 0.4) is 0 Å². The molecule has 0 radical (unpaired) electrons. The highest BCUT2D eigenvalue weighted by atomic mass is 35.5. The number of nitriles is 1. The molecule has 1 aliphatic rings. The Morgan fingerprint density at radius 1 is 1.59 bits per heavy atom. The number of hydrogen-bond donors (Lipinski definition) is 2. The van der Waals surface area contributed by atoms with Crippen molar-refractivity contribution in [2.75, 3.05) is 18.4 Å². The number of rotatable bonds is 3. The van der Waals surface area contributed by atoms with Crippen molar-refractivity contribution in [2.45, 2.75) is 6.42 Å². The Kier molecular flexibility index (Phi) is 3.62. The fraction of sp³-hybridized carbons (Fsp3) is 0.333. The van der Waals surface area contributed by atoms with Gasteiger partial charge in [-0.05, 0) is 37.2 Å². The average Bonchev–Trinajstić information content (AvgIpc) is 2.27. The van der Waals surface area contributed by atoms with Crippen LogP contribution in [0.25, 0.3) is 0 Å². The van der Waals surface area contributed by atoms with Crippen LogP contribution in [-0.2, 0) is 4.79 Å². The summed E-state index contributed by atoms with van der Waals surface area (Å²) in [6.07, 6.45) is 0.486. The van der Waals surface area contributed by atoms with Crippen LogP contribution in [0.2, 0.25) is 5.02 Å². The van der Waals surface area contributed by atoms with Gasteiger partial charge < -0.3 is 10.6 Å². The van der Waals surface area contributed by atoms with E-state index in [9.17, 15) is 4.79 Å². The van der Waals surface area contributed by atoms with E-state index in [-0.39, 0.29) is 5.91 Å². The number of halogens is 1. The van der Waals surface area contributed by atoms with E-state index in [1.807, 2.05) is 6.07 Å². The zero-order valence-corrected chi connectivity index (χ0v) is 9.92. The molecule has 0 unspecified atom stereocenters. The maximum Gasteiger partial charge on any atom is 0.224 e. The van der Waals surface area contributed by atoms with E-state index < -0.39 is 0 Å². The number of nitrogens with zero attached hydrogens (tertiary/aromatic N) is 1. The highest BCUT2D eigenvalue weighted by Gasteiger charge is 2.20. The van der Waals surface area contributed by atoms with Gasteiger partial charge in [0.05, 0.1) is 22.3 Å². The Hall–Kier alpha value is -1.57. The lowest BCUT2D eigenvalue weighted by Gasteiger charge is -2.26. The molecule has 1 amide bonds. The molecule has 17 heavy (non-hydrogen) atoms. The van der Waals surface area contributed by atoms with Crippen LogP contribution in [0.15, 0.2) is 18.2 Å². The quantitative estimate of drug-likeness (QED) is 0.858. The Morgan fingerprint density at radius 2 is 2.35 bits per heavy atom. The maximum atomic E-state index is 11.7. The van der Waals surface area contributed by atoms with Gasteiger partial charge in [0.2, 0.25) is 5.91 Å². The van der Waals surface area contributed by atoms with Crippen molar-refractivity contribution in [3.8, 4) is 6.07 Å². The van der Waals surface area contributed by atoms with Crippen molar-refractivity contribution in [3.63, 3.8) is 0 Å². The van der Waals surface area contributed by atoms with Crippen molar-refractivity contribution in [1.29, 1.82) is 5.26 Å². The monoisotopic (exact) mass is 249 g/mol. The summed E-state index contributed by atoms with van der Waals surface area (Å²) in [6.45, 7) is 1.78. The first-order valence-corrected chi connectivity index (χ1v) is 5.77. The zero-order valence-electron chi connectivity index (χ0n) is 9.16. The Labute approximate surface area is 105 Å². The molecule has 1 heterocycles. The van der Waals surface area contributed by atoms with Crippen LogP contribution < -0.4 is 10.6 Å². The molecule has 88 valence electrons. The van der Waals surface area contributed by atoms with E-state index in [2.05, 4.69) is 10.6 Å². The molecule has 1 aromatic rings. The summed E-state index contributed by atoms with van der Waals surface area (Å²) >= 11 is 5.95. The van der Waals surface area contributed by atoms with Gasteiger partial charge in [0.1, 0.15) is 0 Å². The first kappa shape index (κ1) is 11.9. The summed E-state index contributed by atoms with van der Waals surface area (Å²) < 4.78 is 0. The first-order chi connectivity index (χ1) is 8.19. The summed E-state index contributed by atoms with van der Waals surface area (Å²) in [5.41, 5.74) is 0.984. The van der Waals surface area contributed by atoms with Crippen LogP contribution in [0.4, 0.5) is 5.69 Å². The molecule has 0 saturated carbocycles. The molecular formula is C12H12ClN3O. The number of amides is 1. The first-order valence-electron chi connectivity index (χ1n) is 5.39. The van der Waals surface area contributed by atoms with Gasteiger partial charge in [-0.2, -0.15) is 5.26 Å². The van der Waals surface area contributed by atoms with Gasteiger partial charge in [-0.15, -0.1) is 0 Å². The number of hydrogen-bond acceptors (Lipinski definition) is 3. The fourth-order valence-corrected chi connectivity index (χ4v) is 1.81. The molecule has 2 rings (SSSR count). The smallest absolute Gasteiger partial charge is 0.224 e. The molecule has 2 N–H and O–H groups in total. The van der Waals surface area contributed by atoms with E-state index in [0.29, 0.717) is 28.6 Å². The van der Waals surface area contributed by atoms with E-state index in [1.54, 1.807) is 18.2 Å². The third kappa shape index (κ3) is 2.96. The summed E-state index contributed by atoms with van der Waals surface area (Å²) in [5.74, 6) is 0.349. The van der Waals surface area contributed by atoms with Gasteiger partial charge in [-0.1, -0.05) is 11.6 Å². The van der Waals surface area contributed by atoms with Gasteiger partial charge >= 0.3 is 0 Å². The van der Waals surface area contributed by atoms with Gasteiger partial charge in [-0.3, -0.25) is 4.79 Å². The highest BCUT2D eigenvalue weighted by molar-refractivity contribution is 6.33. The Bertz CT molecular complexity index is 477. The maximum absolute atomic E-state index is 11.7. The Morgan fingerprint density at radius 3 is 2.94 bits per heavy atom. The lowest BCUT2D eigenvalue weighted by molar-refractivity contribution is -0.117. The van der Waals surface area contributed by atoms with Crippen LogP contribution in [-0.4, -0.2) is 19.0 Å². The predicted octanol–water partition coefficient (Wildman–Crippen LogP) is 1.76. The van der Waals surface area contributed by atoms with Crippen molar-refractivity contribution in [1.82, 2.24) is 5.32 Å². The summed E-state index contributed by atoms with van der Waals surface area (Å²) in [6, 6.07) is 6.82. The lowest BCUT2D eigenvalue weighted by Crippen LogP contribution is -2.43. The van der Waals surface area contributed by atoms with E-state index in [4.69, 9.17) is 16.9 Å². The van der Waals surface area contributed by atoms with Crippen LogP contribution >= 0.6 is 11.6 Å². The topological polar surface area (TPSA) is 64.9 Å². The molecular weight excluding hydrogens is 238 g/mol. The van der Waals surface area contributed by atoms with Crippen LogP contribution in [0.1, 0.15) is 12.0 Å². The molecule has 5 heteroatoms. The number of carbonyl (C=O) groups excluding carboxylic acids is 1. The molecule has 1 fully saturated rings. The summed E-state index contributed by atoms with van der Waals surface area (Å²) in [4.78, 5) is 11.7. The minimum absolute atomic E-state index is 0.0616. The molecule has 0 bridgehead atoms. The standard InChI is InChI=1S/C12H12ClN3O/c13-10-2-1-8(5-14)3-11(10)16-12(17)4-9-6-15-7-9/h1-3,9,15H,4,6-7H2,(H,16,17). The van der Waals surface area contributed by atoms with Crippen molar-refractivity contribution < 1.29 is 4.79 Å². The second-order valence-electron chi connectivity index (χ2n) is 4.08. The third-order valence-corrected chi connectivity index (χ3v) is 3.04. The van der Waals surface area contributed by atoms with Crippen LogP contribution in [0, 0.1) is 17.2 Å². The minimum atomic E-state index is -0.0616. The zero-order chi connectivity index (χ0) is 12.3. The number of nitrogens with one attached hydrogen (secondary N) is 2. The molecule has 0 aliphatic carbocycles. The van der Waals surface area contributed by atoms with Crippen molar-refractivity contribution in [3.05, 3.63) is 28.8 Å². The third-order valence-electron chi connectivity index (χ3n) is 2.71. The van der Waals surface area contributed by atoms with Gasteiger partial charge in [0.25, 0.3) is 0 Å². The molecule has 1 aromatic carbocycles. The second-order valence-corrected chi connectivity index (χ2v) is 4.49. The second kappa shape index (κ2) is 5.17. The number of benzene rings is 1. The predicted molar refractivity (Wildman–Crippen MR) is 65.8 cm³/mol. The molecule has 0 spiro atoms. The SMILES string of the molecule is N#Cc1ccc(Cl)c(NC(=O)CC2CNC2)c1. The van der Waals surface area contributed by atoms with E-state index in [0.717, 1.165) is 13.1 Å². The van der Waals surface area contributed by atoms with E-state index >= 15 is 0 Å². The number of anilines is 1. The minimum Gasteiger partial charge on any atom is -0.325 e. The Balaban J connectivity index is 2.01. The molecule has 0 atom stereocenters. The summed E-state index contributed by atoms with van der Waals surface area (Å²) in [7, 11) is 0. The largest absolute Gasteiger partial charge is 0.325 e. The van der Waals surface area contributed by atoms with Gasteiger partial charge in [0, 0.05) is 6.42 Å². The highest BCUT2D eigenvalue weighted by Crippen LogP contribution is 2.23. The van der Waals surface area contributed by atoms with Gasteiger partial charge in [0.15, 0.2) is 0 Å². The lowest BCUT2D eigenvalue weighted by atomic mass is 9.99.